The summed E-state index contributed by atoms with van der Waals surface area (Å²) in [6.07, 6.45) is 3.75. The van der Waals surface area contributed by atoms with Crippen LogP contribution in [0.15, 0.2) is 42.7 Å². The minimum Gasteiger partial charge on any atom is -0.489 e. The van der Waals surface area contributed by atoms with E-state index in [0.29, 0.717) is 25.1 Å². The third-order valence-corrected chi connectivity index (χ3v) is 6.36. The molecule has 29 heavy (non-hydrogen) atoms. The first-order chi connectivity index (χ1) is 13.9. The molecule has 8 nitrogen and oxygen atoms in total. The smallest absolute Gasteiger partial charge is 0.323 e. The number of rotatable bonds is 7. The number of halogens is 1. The van der Waals surface area contributed by atoms with Crippen molar-refractivity contribution in [3.63, 3.8) is 0 Å². The zero-order chi connectivity index (χ0) is 20.9. The molecule has 0 saturated carbocycles. The van der Waals surface area contributed by atoms with Crippen molar-refractivity contribution in [3.8, 4) is 5.75 Å². The predicted molar refractivity (Wildman–Crippen MR) is 108 cm³/mol. The molecule has 156 valence electrons. The van der Waals surface area contributed by atoms with Crippen molar-refractivity contribution < 1.29 is 22.3 Å². The van der Waals surface area contributed by atoms with Crippen LogP contribution in [-0.4, -0.2) is 48.7 Å². The summed E-state index contributed by atoms with van der Waals surface area (Å²) in [6, 6.07) is 6.66. The van der Waals surface area contributed by atoms with E-state index in [1.165, 1.54) is 28.7 Å². The predicted octanol–water partition coefficient (Wildman–Crippen LogP) is 3.06. The average Bonchev–Trinajstić information content (AvgIpc) is 3.11. The van der Waals surface area contributed by atoms with Gasteiger partial charge in [0.05, 0.1) is 24.2 Å². The molecule has 0 radical (unpaired) electrons. The van der Waals surface area contributed by atoms with Gasteiger partial charge in [-0.1, -0.05) is 6.92 Å². The van der Waals surface area contributed by atoms with Gasteiger partial charge < -0.3 is 15.4 Å². The number of carbonyl (C=O) groups is 1. The van der Waals surface area contributed by atoms with Crippen LogP contribution in [0.4, 0.5) is 20.6 Å². The van der Waals surface area contributed by atoms with Crippen molar-refractivity contribution in [1.29, 1.82) is 0 Å². The topological polar surface area (TPSA) is 101 Å². The SMILES string of the molecule is CCCS(=O)(=O)N1CCC(Oc2cc(F)cc(NC(=O)Nc3cccnc3)c2)C1. The number of nitrogens with one attached hydrogen (secondary N) is 2. The molecule has 1 atom stereocenters. The van der Waals surface area contributed by atoms with Crippen molar-refractivity contribution >= 4 is 27.4 Å². The second kappa shape index (κ2) is 9.19. The summed E-state index contributed by atoms with van der Waals surface area (Å²) >= 11 is 0. The number of ether oxygens (including phenoxy) is 1. The average molecular weight is 422 g/mol. The van der Waals surface area contributed by atoms with Crippen LogP contribution in [0, 0.1) is 5.82 Å². The van der Waals surface area contributed by atoms with Gasteiger partial charge in [0.2, 0.25) is 10.0 Å². The van der Waals surface area contributed by atoms with Crippen LogP contribution in [0.2, 0.25) is 0 Å². The second-order valence-electron chi connectivity index (χ2n) is 6.70. The maximum atomic E-state index is 14.0. The molecule has 2 heterocycles. The molecule has 1 fully saturated rings. The standard InChI is InChI=1S/C19H23FN4O4S/c1-2-8-29(26,27)24-7-5-17(13-24)28-18-10-14(20)9-16(11-18)23-19(25)22-15-4-3-6-21-12-15/h3-4,6,9-12,17H,2,5,7-8,13H2,1H3,(H2,22,23,25). The first-order valence-electron chi connectivity index (χ1n) is 9.29. The minimum atomic E-state index is -3.29. The largest absolute Gasteiger partial charge is 0.489 e. The second-order valence-corrected chi connectivity index (χ2v) is 8.79. The minimum absolute atomic E-state index is 0.0970. The molecule has 3 rings (SSSR count). The molecule has 1 aromatic heterocycles. The molecule has 0 bridgehead atoms. The third-order valence-electron chi connectivity index (χ3n) is 4.31. The van der Waals surface area contributed by atoms with Crippen molar-refractivity contribution in [2.24, 2.45) is 0 Å². The molecule has 2 aromatic rings. The van der Waals surface area contributed by atoms with Gasteiger partial charge in [-0.25, -0.2) is 17.6 Å². The van der Waals surface area contributed by atoms with Gasteiger partial charge >= 0.3 is 6.03 Å². The first kappa shape index (κ1) is 21.0. The molecular formula is C19H23FN4O4S. The molecule has 2 N–H and O–H groups in total. The van der Waals surface area contributed by atoms with Crippen LogP contribution in [0.5, 0.6) is 5.75 Å². The van der Waals surface area contributed by atoms with E-state index >= 15 is 0 Å². The molecule has 0 aliphatic carbocycles. The number of aromatic nitrogens is 1. The molecule has 1 aliphatic heterocycles. The maximum absolute atomic E-state index is 14.0. The molecule has 1 aliphatic rings. The lowest BCUT2D eigenvalue weighted by atomic mass is 10.2. The summed E-state index contributed by atoms with van der Waals surface area (Å²) in [5.74, 6) is -0.256. The lowest BCUT2D eigenvalue weighted by Crippen LogP contribution is -2.32. The Balaban J connectivity index is 1.61. The highest BCUT2D eigenvalue weighted by Gasteiger charge is 2.32. The van der Waals surface area contributed by atoms with Gasteiger partial charge in [0.1, 0.15) is 17.7 Å². The van der Waals surface area contributed by atoms with Gasteiger partial charge in [0.25, 0.3) is 0 Å². The highest BCUT2D eigenvalue weighted by molar-refractivity contribution is 7.89. The van der Waals surface area contributed by atoms with E-state index in [1.807, 2.05) is 6.92 Å². The number of anilines is 2. The van der Waals surface area contributed by atoms with Crippen molar-refractivity contribution in [2.45, 2.75) is 25.9 Å². The monoisotopic (exact) mass is 422 g/mol. The first-order valence-corrected chi connectivity index (χ1v) is 10.9. The number of sulfonamides is 1. The van der Waals surface area contributed by atoms with Crippen LogP contribution < -0.4 is 15.4 Å². The van der Waals surface area contributed by atoms with Gasteiger partial charge in [0, 0.05) is 30.6 Å². The normalized spacial score (nSPS) is 17.1. The fourth-order valence-electron chi connectivity index (χ4n) is 3.06. The lowest BCUT2D eigenvalue weighted by Gasteiger charge is -2.17. The summed E-state index contributed by atoms with van der Waals surface area (Å²) in [5.41, 5.74) is 0.715. The fraction of sp³-hybridized carbons (Fsp3) is 0.368. The Bertz CT molecular complexity index is 956. The van der Waals surface area contributed by atoms with Crippen LogP contribution in [0.25, 0.3) is 0 Å². The van der Waals surface area contributed by atoms with E-state index in [1.54, 1.807) is 18.3 Å². The fourth-order valence-corrected chi connectivity index (χ4v) is 4.61. The van der Waals surface area contributed by atoms with Gasteiger partial charge in [-0.2, -0.15) is 4.31 Å². The van der Waals surface area contributed by atoms with E-state index < -0.39 is 21.9 Å². The number of nitrogens with zero attached hydrogens (tertiary/aromatic N) is 2. The van der Waals surface area contributed by atoms with E-state index in [0.717, 1.165) is 0 Å². The van der Waals surface area contributed by atoms with Crippen LogP contribution in [0.3, 0.4) is 0 Å². The Kier molecular flexibility index (Phi) is 6.65. The summed E-state index contributed by atoms with van der Waals surface area (Å²) < 4.78 is 45.5. The lowest BCUT2D eigenvalue weighted by molar-refractivity contribution is 0.215. The summed E-state index contributed by atoms with van der Waals surface area (Å²) in [6.45, 7) is 2.41. The molecule has 0 spiro atoms. The van der Waals surface area contributed by atoms with Crippen molar-refractivity contribution in [1.82, 2.24) is 9.29 Å². The molecule has 1 aromatic carbocycles. The highest BCUT2D eigenvalue weighted by atomic mass is 32.2. The Morgan fingerprint density at radius 2 is 2.10 bits per heavy atom. The quantitative estimate of drug-likeness (QED) is 0.714. The molecule has 10 heteroatoms. The molecule has 1 unspecified atom stereocenters. The number of benzene rings is 1. The van der Waals surface area contributed by atoms with Gasteiger partial charge in [-0.15, -0.1) is 0 Å². The Morgan fingerprint density at radius 1 is 1.31 bits per heavy atom. The van der Waals surface area contributed by atoms with Gasteiger partial charge in [-0.3, -0.25) is 4.98 Å². The van der Waals surface area contributed by atoms with Crippen LogP contribution in [-0.2, 0) is 10.0 Å². The zero-order valence-electron chi connectivity index (χ0n) is 16.0. The zero-order valence-corrected chi connectivity index (χ0v) is 16.8. The summed E-state index contributed by atoms with van der Waals surface area (Å²) in [4.78, 5) is 16.0. The van der Waals surface area contributed by atoms with E-state index in [-0.39, 0.29) is 29.8 Å². The number of urea groups is 1. The van der Waals surface area contributed by atoms with E-state index in [2.05, 4.69) is 15.6 Å². The number of hydrogen-bond acceptors (Lipinski definition) is 5. The number of hydrogen-bond donors (Lipinski definition) is 2. The van der Waals surface area contributed by atoms with Gasteiger partial charge in [0.15, 0.2) is 0 Å². The Labute approximate surface area is 169 Å². The van der Waals surface area contributed by atoms with Crippen LogP contribution in [0.1, 0.15) is 19.8 Å². The Morgan fingerprint density at radius 3 is 2.83 bits per heavy atom. The highest BCUT2D eigenvalue weighted by Crippen LogP contribution is 2.25. The van der Waals surface area contributed by atoms with Gasteiger partial charge in [-0.05, 0) is 31.0 Å². The summed E-state index contributed by atoms with van der Waals surface area (Å²) in [5, 5.41) is 5.13. The number of carbonyl (C=O) groups excluding carboxylic acids is 1. The number of amides is 2. The Hall–Kier alpha value is -2.72. The van der Waals surface area contributed by atoms with E-state index in [9.17, 15) is 17.6 Å². The van der Waals surface area contributed by atoms with Crippen LogP contribution >= 0.6 is 0 Å². The van der Waals surface area contributed by atoms with Crippen molar-refractivity contribution in [3.05, 3.63) is 48.5 Å². The molecule has 2 amide bonds. The summed E-state index contributed by atoms with van der Waals surface area (Å²) in [7, 11) is -3.29. The molecular weight excluding hydrogens is 399 g/mol. The maximum Gasteiger partial charge on any atom is 0.323 e. The number of pyridine rings is 1. The van der Waals surface area contributed by atoms with Crippen molar-refractivity contribution in [2.75, 3.05) is 29.5 Å². The van der Waals surface area contributed by atoms with E-state index in [4.69, 9.17) is 4.74 Å². The third kappa shape index (κ3) is 5.88. The molecule has 1 saturated heterocycles.